The smallest absolute Gasteiger partial charge is 0.0409 e. The van der Waals surface area contributed by atoms with Crippen LogP contribution in [0.25, 0.3) is 0 Å². The molecule has 0 bridgehead atoms. The third-order valence-corrected chi connectivity index (χ3v) is 5.79. The second-order valence-corrected chi connectivity index (χ2v) is 7.16. The molecule has 1 fully saturated rings. The van der Waals surface area contributed by atoms with Gasteiger partial charge in [0.05, 0.1) is 0 Å². The zero-order chi connectivity index (χ0) is 13.7. The third kappa shape index (κ3) is 4.00. The minimum atomic E-state index is 0.485. The maximum Gasteiger partial charge on any atom is 0.0409 e. The quantitative estimate of drug-likeness (QED) is 0.772. The van der Waals surface area contributed by atoms with Crippen LogP contribution in [-0.4, -0.2) is 18.1 Å². The summed E-state index contributed by atoms with van der Waals surface area (Å²) >= 11 is 2.08. The average molecular weight is 277 g/mol. The van der Waals surface area contributed by atoms with E-state index in [1.165, 1.54) is 37.0 Å². The molecule has 1 nitrogen and oxygen atoms in total. The molecule has 2 rings (SSSR count). The maximum absolute atomic E-state index is 3.48. The van der Waals surface area contributed by atoms with E-state index in [2.05, 4.69) is 62.2 Å². The van der Waals surface area contributed by atoms with Crippen LogP contribution in [0.2, 0.25) is 0 Å². The second-order valence-electron chi connectivity index (χ2n) is 5.69. The molecule has 2 heteroatoms. The Hall–Kier alpha value is -0.470. The highest BCUT2D eigenvalue weighted by molar-refractivity contribution is 7.99. The Balaban J connectivity index is 2.00. The summed E-state index contributed by atoms with van der Waals surface area (Å²) in [5, 5.41) is 4.23. The van der Waals surface area contributed by atoms with Gasteiger partial charge in [-0.3, -0.25) is 0 Å². The van der Waals surface area contributed by atoms with Crippen molar-refractivity contribution in [2.24, 2.45) is 0 Å². The van der Waals surface area contributed by atoms with Gasteiger partial charge in [0, 0.05) is 17.0 Å². The van der Waals surface area contributed by atoms with Gasteiger partial charge in [-0.05, 0) is 43.4 Å². The second kappa shape index (κ2) is 7.35. The van der Waals surface area contributed by atoms with Crippen molar-refractivity contribution >= 4 is 11.8 Å². The summed E-state index contributed by atoms with van der Waals surface area (Å²) in [4.78, 5) is 0. The molecule has 1 N–H and O–H groups in total. The summed E-state index contributed by atoms with van der Waals surface area (Å²) < 4.78 is 0. The number of thioether (sulfide) groups is 1. The molecule has 2 atom stereocenters. The molecule has 1 saturated carbocycles. The number of rotatable bonds is 7. The van der Waals surface area contributed by atoms with Gasteiger partial charge < -0.3 is 5.32 Å². The minimum absolute atomic E-state index is 0.485. The monoisotopic (exact) mass is 277 g/mol. The van der Waals surface area contributed by atoms with Crippen LogP contribution in [0.1, 0.15) is 62.6 Å². The van der Waals surface area contributed by atoms with E-state index in [9.17, 15) is 0 Å². The molecule has 0 aliphatic heterocycles. The fraction of sp³-hybridized carbons (Fsp3) is 0.647. The molecular formula is C17H27NS. The van der Waals surface area contributed by atoms with Gasteiger partial charge in [0.15, 0.2) is 0 Å². The van der Waals surface area contributed by atoms with Gasteiger partial charge in [-0.1, -0.05) is 44.5 Å². The summed E-state index contributed by atoms with van der Waals surface area (Å²) in [6.45, 7) is 4.59. The van der Waals surface area contributed by atoms with E-state index in [0.29, 0.717) is 6.04 Å². The van der Waals surface area contributed by atoms with Gasteiger partial charge in [-0.2, -0.15) is 11.8 Å². The standard InChI is InChI=1S/C17H27NS/c1-4-13(2)19-12-17(18-3)16-10-6-9-15(11-16)14-7-5-8-14/h6,9-11,13-14,17-18H,4-5,7-8,12H2,1-3H3. The van der Waals surface area contributed by atoms with E-state index in [0.717, 1.165) is 11.2 Å². The fourth-order valence-corrected chi connectivity index (χ4v) is 3.61. The van der Waals surface area contributed by atoms with Crippen molar-refractivity contribution in [2.75, 3.05) is 12.8 Å². The van der Waals surface area contributed by atoms with Gasteiger partial charge in [-0.15, -0.1) is 0 Å². The molecule has 0 saturated heterocycles. The van der Waals surface area contributed by atoms with Crippen molar-refractivity contribution in [3.8, 4) is 0 Å². The lowest BCUT2D eigenvalue weighted by atomic mass is 9.79. The molecule has 2 unspecified atom stereocenters. The van der Waals surface area contributed by atoms with Gasteiger partial charge >= 0.3 is 0 Å². The van der Waals surface area contributed by atoms with Crippen molar-refractivity contribution in [2.45, 2.75) is 56.7 Å². The van der Waals surface area contributed by atoms with E-state index >= 15 is 0 Å². The highest BCUT2D eigenvalue weighted by Crippen LogP contribution is 2.37. The first-order valence-electron chi connectivity index (χ1n) is 7.63. The minimum Gasteiger partial charge on any atom is -0.312 e. The number of hydrogen-bond acceptors (Lipinski definition) is 2. The Morgan fingerprint density at radius 2 is 2.16 bits per heavy atom. The molecule has 0 heterocycles. The van der Waals surface area contributed by atoms with Gasteiger partial charge in [0.25, 0.3) is 0 Å². The predicted octanol–water partition coefficient (Wildman–Crippen LogP) is 4.75. The number of nitrogens with one attached hydrogen (secondary N) is 1. The summed E-state index contributed by atoms with van der Waals surface area (Å²) in [5.74, 6) is 2.00. The molecule has 0 amide bonds. The van der Waals surface area contributed by atoms with Gasteiger partial charge in [0.1, 0.15) is 0 Å². The van der Waals surface area contributed by atoms with Crippen molar-refractivity contribution in [1.29, 1.82) is 0 Å². The van der Waals surface area contributed by atoms with Gasteiger partial charge in [-0.25, -0.2) is 0 Å². The zero-order valence-corrected chi connectivity index (χ0v) is 13.3. The zero-order valence-electron chi connectivity index (χ0n) is 12.5. The normalized spacial score (nSPS) is 18.9. The molecule has 19 heavy (non-hydrogen) atoms. The predicted molar refractivity (Wildman–Crippen MR) is 87.0 cm³/mol. The first-order chi connectivity index (χ1) is 9.24. The lowest BCUT2D eigenvalue weighted by Gasteiger charge is -2.27. The molecule has 0 spiro atoms. The summed E-state index contributed by atoms with van der Waals surface area (Å²) in [5.41, 5.74) is 3.01. The van der Waals surface area contributed by atoms with Crippen LogP contribution in [0.15, 0.2) is 24.3 Å². The molecule has 106 valence electrons. The summed E-state index contributed by atoms with van der Waals surface area (Å²) in [6, 6.07) is 9.74. The van der Waals surface area contributed by atoms with Crippen molar-refractivity contribution in [3.63, 3.8) is 0 Å². The Kier molecular flexibility index (Phi) is 5.77. The van der Waals surface area contributed by atoms with Gasteiger partial charge in [0.2, 0.25) is 0 Å². The van der Waals surface area contributed by atoms with Crippen LogP contribution >= 0.6 is 11.8 Å². The summed E-state index contributed by atoms with van der Waals surface area (Å²) in [6.07, 6.45) is 5.43. The van der Waals surface area contributed by atoms with Crippen LogP contribution in [0.3, 0.4) is 0 Å². The lowest BCUT2D eigenvalue weighted by molar-refractivity contribution is 0.419. The number of hydrogen-bond donors (Lipinski definition) is 1. The molecule has 0 aromatic heterocycles. The van der Waals surface area contributed by atoms with Crippen LogP contribution in [0.4, 0.5) is 0 Å². The highest BCUT2D eigenvalue weighted by Gasteiger charge is 2.20. The van der Waals surface area contributed by atoms with Crippen LogP contribution < -0.4 is 5.32 Å². The van der Waals surface area contributed by atoms with Crippen molar-refractivity contribution < 1.29 is 0 Å². The van der Waals surface area contributed by atoms with Crippen LogP contribution in [0, 0.1) is 0 Å². The van der Waals surface area contributed by atoms with E-state index < -0.39 is 0 Å². The highest BCUT2D eigenvalue weighted by atomic mass is 32.2. The Morgan fingerprint density at radius 1 is 1.37 bits per heavy atom. The third-order valence-electron chi connectivity index (χ3n) is 4.36. The Bertz CT molecular complexity index is 387. The molecule has 1 aromatic carbocycles. The van der Waals surface area contributed by atoms with Crippen LogP contribution in [0.5, 0.6) is 0 Å². The van der Waals surface area contributed by atoms with Crippen LogP contribution in [-0.2, 0) is 0 Å². The largest absolute Gasteiger partial charge is 0.312 e. The Labute approximate surface area is 122 Å². The average Bonchev–Trinajstić information content (AvgIpc) is 2.37. The first kappa shape index (κ1) is 14.9. The fourth-order valence-electron chi connectivity index (χ4n) is 2.50. The number of benzene rings is 1. The lowest BCUT2D eigenvalue weighted by Crippen LogP contribution is -2.20. The van der Waals surface area contributed by atoms with E-state index in [1.54, 1.807) is 5.56 Å². The molecule has 1 aromatic rings. The molecule has 1 aliphatic carbocycles. The topological polar surface area (TPSA) is 12.0 Å². The van der Waals surface area contributed by atoms with Crippen molar-refractivity contribution in [1.82, 2.24) is 5.32 Å². The van der Waals surface area contributed by atoms with Crippen molar-refractivity contribution in [3.05, 3.63) is 35.4 Å². The molecule has 1 aliphatic rings. The summed E-state index contributed by atoms with van der Waals surface area (Å²) in [7, 11) is 2.08. The molecular weight excluding hydrogens is 250 g/mol. The first-order valence-corrected chi connectivity index (χ1v) is 8.68. The maximum atomic E-state index is 3.48. The van der Waals surface area contributed by atoms with E-state index in [-0.39, 0.29) is 0 Å². The van der Waals surface area contributed by atoms with E-state index in [1.807, 2.05) is 0 Å². The SMILES string of the molecule is CCC(C)SCC(NC)c1cccc(C2CCC2)c1. The Morgan fingerprint density at radius 3 is 2.74 bits per heavy atom. The van der Waals surface area contributed by atoms with E-state index in [4.69, 9.17) is 0 Å². The molecule has 0 radical (unpaired) electrons.